The first-order valence-corrected chi connectivity index (χ1v) is 7.07. The Morgan fingerprint density at radius 1 is 1.48 bits per heavy atom. The highest BCUT2D eigenvalue weighted by atomic mass is 16.6. The lowest BCUT2D eigenvalue weighted by molar-refractivity contribution is -0.146. The molecule has 1 unspecified atom stereocenters. The van der Waals surface area contributed by atoms with Gasteiger partial charge in [-0.2, -0.15) is 0 Å². The van der Waals surface area contributed by atoms with E-state index in [9.17, 15) is 9.90 Å². The number of aliphatic carboxylic acids is 1. The van der Waals surface area contributed by atoms with Gasteiger partial charge in [0.2, 0.25) is 0 Å². The number of carboxylic acids is 1. The lowest BCUT2D eigenvalue weighted by Crippen LogP contribution is -2.26. The van der Waals surface area contributed by atoms with E-state index in [-0.39, 0.29) is 6.10 Å². The van der Waals surface area contributed by atoms with E-state index < -0.39 is 11.4 Å². The quantitative estimate of drug-likeness (QED) is 0.873. The molecule has 0 saturated carbocycles. The molecule has 21 heavy (non-hydrogen) atoms. The van der Waals surface area contributed by atoms with Crippen LogP contribution in [-0.4, -0.2) is 37.5 Å². The van der Waals surface area contributed by atoms with Gasteiger partial charge < -0.3 is 19.3 Å². The zero-order valence-corrected chi connectivity index (χ0v) is 12.7. The number of methoxy groups -OCH3 is 1. The maximum absolute atomic E-state index is 11.3. The van der Waals surface area contributed by atoms with Crippen molar-refractivity contribution in [1.29, 1.82) is 0 Å². The van der Waals surface area contributed by atoms with Crippen molar-refractivity contribution < 1.29 is 24.1 Å². The molecule has 0 aromatic heterocycles. The van der Waals surface area contributed by atoms with E-state index in [1.165, 1.54) is 0 Å². The summed E-state index contributed by atoms with van der Waals surface area (Å²) >= 11 is 0. The van der Waals surface area contributed by atoms with Gasteiger partial charge in [-0.25, -0.2) is 0 Å². The van der Waals surface area contributed by atoms with Crippen molar-refractivity contribution in [1.82, 2.24) is 0 Å². The van der Waals surface area contributed by atoms with Crippen LogP contribution in [-0.2, 0) is 16.0 Å². The molecule has 1 N–H and O–H groups in total. The Hall–Kier alpha value is -1.75. The Morgan fingerprint density at radius 2 is 2.24 bits per heavy atom. The van der Waals surface area contributed by atoms with Gasteiger partial charge in [-0.1, -0.05) is 12.1 Å². The molecule has 0 radical (unpaired) electrons. The smallest absolute Gasteiger partial charge is 0.309 e. The van der Waals surface area contributed by atoms with Crippen LogP contribution >= 0.6 is 0 Å². The lowest BCUT2D eigenvalue weighted by Gasteiger charge is -2.22. The van der Waals surface area contributed by atoms with Crippen molar-refractivity contribution in [2.45, 2.75) is 32.8 Å². The second-order valence-corrected chi connectivity index (χ2v) is 5.92. The SMILES string of the molecule is COc1c(CC(C)(C)C(=O)O)cccc1OC1CCOC1. The van der Waals surface area contributed by atoms with Gasteiger partial charge >= 0.3 is 5.97 Å². The predicted molar refractivity (Wildman–Crippen MR) is 78.0 cm³/mol. The molecular weight excluding hydrogens is 272 g/mol. The molecule has 1 fully saturated rings. The maximum atomic E-state index is 11.3. The van der Waals surface area contributed by atoms with Gasteiger partial charge in [-0.05, 0) is 31.9 Å². The molecule has 1 aliphatic rings. The van der Waals surface area contributed by atoms with Crippen LogP contribution in [0.5, 0.6) is 11.5 Å². The van der Waals surface area contributed by atoms with Crippen LogP contribution in [0.25, 0.3) is 0 Å². The number of para-hydroxylation sites is 1. The lowest BCUT2D eigenvalue weighted by atomic mass is 9.85. The van der Waals surface area contributed by atoms with Gasteiger partial charge in [0.1, 0.15) is 6.10 Å². The van der Waals surface area contributed by atoms with Gasteiger partial charge in [0.05, 0.1) is 25.7 Å². The topological polar surface area (TPSA) is 65.0 Å². The number of carbonyl (C=O) groups is 1. The number of benzene rings is 1. The molecule has 0 bridgehead atoms. The van der Waals surface area contributed by atoms with E-state index >= 15 is 0 Å². The normalized spacial score (nSPS) is 18.5. The van der Waals surface area contributed by atoms with E-state index in [2.05, 4.69) is 0 Å². The summed E-state index contributed by atoms with van der Waals surface area (Å²) in [4.78, 5) is 11.3. The average molecular weight is 294 g/mol. The molecule has 0 spiro atoms. The highest BCUT2D eigenvalue weighted by Gasteiger charge is 2.29. The largest absolute Gasteiger partial charge is 0.493 e. The zero-order chi connectivity index (χ0) is 15.5. The van der Waals surface area contributed by atoms with Crippen LogP contribution < -0.4 is 9.47 Å². The van der Waals surface area contributed by atoms with Gasteiger partial charge in [-0.15, -0.1) is 0 Å². The van der Waals surface area contributed by atoms with Crippen molar-refractivity contribution in [3.63, 3.8) is 0 Å². The number of ether oxygens (including phenoxy) is 3. The molecule has 0 aliphatic carbocycles. The van der Waals surface area contributed by atoms with E-state index in [0.29, 0.717) is 31.1 Å². The first-order chi connectivity index (χ1) is 9.94. The molecule has 5 heteroatoms. The third-order valence-electron chi connectivity index (χ3n) is 3.66. The van der Waals surface area contributed by atoms with Crippen LogP contribution in [0.2, 0.25) is 0 Å². The van der Waals surface area contributed by atoms with E-state index in [0.717, 1.165) is 12.0 Å². The first-order valence-electron chi connectivity index (χ1n) is 7.07. The third-order valence-corrected chi connectivity index (χ3v) is 3.66. The first kappa shape index (κ1) is 15.6. The molecule has 1 aromatic rings. The number of carboxylic acid groups (broad SMARTS) is 1. The molecule has 1 heterocycles. The minimum atomic E-state index is -0.859. The number of rotatable bonds is 6. The molecular formula is C16H22O5. The van der Waals surface area contributed by atoms with Crippen molar-refractivity contribution in [2.24, 2.45) is 5.41 Å². The fraction of sp³-hybridized carbons (Fsp3) is 0.562. The number of hydrogen-bond donors (Lipinski definition) is 1. The van der Waals surface area contributed by atoms with Crippen molar-refractivity contribution in [3.8, 4) is 11.5 Å². The second kappa shape index (κ2) is 6.35. The van der Waals surface area contributed by atoms with E-state index in [1.54, 1.807) is 21.0 Å². The van der Waals surface area contributed by atoms with Gasteiger partial charge in [0.25, 0.3) is 0 Å². The Kier molecular flexibility index (Phi) is 4.73. The summed E-state index contributed by atoms with van der Waals surface area (Å²) in [5.41, 5.74) is -0.0242. The Morgan fingerprint density at radius 3 is 2.81 bits per heavy atom. The Labute approximate surface area is 124 Å². The van der Waals surface area contributed by atoms with Crippen LogP contribution in [0, 0.1) is 5.41 Å². The molecule has 1 aliphatic heterocycles. The number of hydrogen-bond acceptors (Lipinski definition) is 4. The summed E-state index contributed by atoms with van der Waals surface area (Å²) in [6.45, 7) is 4.69. The molecule has 2 rings (SSSR count). The fourth-order valence-corrected chi connectivity index (χ4v) is 2.36. The maximum Gasteiger partial charge on any atom is 0.309 e. The van der Waals surface area contributed by atoms with Crippen molar-refractivity contribution >= 4 is 5.97 Å². The fourth-order valence-electron chi connectivity index (χ4n) is 2.36. The minimum Gasteiger partial charge on any atom is -0.493 e. The summed E-state index contributed by atoms with van der Waals surface area (Å²) in [5.74, 6) is 0.422. The second-order valence-electron chi connectivity index (χ2n) is 5.92. The van der Waals surface area contributed by atoms with E-state index in [4.69, 9.17) is 14.2 Å². The third kappa shape index (κ3) is 3.67. The highest BCUT2D eigenvalue weighted by molar-refractivity contribution is 5.74. The highest BCUT2D eigenvalue weighted by Crippen LogP contribution is 2.36. The average Bonchev–Trinajstić information content (AvgIpc) is 2.91. The van der Waals surface area contributed by atoms with Gasteiger partial charge in [0, 0.05) is 6.42 Å². The van der Waals surface area contributed by atoms with Gasteiger partial charge in [-0.3, -0.25) is 4.79 Å². The van der Waals surface area contributed by atoms with Crippen LogP contribution in [0.4, 0.5) is 0 Å². The summed E-state index contributed by atoms with van der Waals surface area (Å²) in [6, 6.07) is 5.58. The summed E-state index contributed by atoms with van der Waals surface area (Å²) in [7, 11) is 1.57. The zero-order valence-electron chi connectivity index (χ0n) is 12.7. The molecule has 0 amide bonds. The van der Waals surface area contributed by atoms with Crippen molar-refractivity contribution in [3.05, 3.63) is 23.8 Å². The molecule has 1 saturated heterocycles. The van der Waals surface area contributed by atoms with E-state index in [1.807, 2.05) is 18.2 Å². The monoisotopic (exact) mass is 294 g/mol. The standard InChI is InChI=1S/C16H22O5/c1-16(2,15(17)18)9-11-5-4-6-13(14(11)19-3)21-12-7-8-20-10-12/h4-6,12H,7-10H2,1-3H3,(H,17,18). The van der Waals surface area contributed by atoms with Crippen LogP contribution in [0.15, 0.2) is 18.2 Å². The summed E-state index contributed by atoms with van der Waals surface area (Å²) in [5, 5.41) is 9.28. The van der Waals surface area contributed by atoms with Crippen LogP contribution in [0.3, 0.4) is 0 Å². The Balaban J connectivity index is 2.23. The van der Waals surface area contributed by atoms with Crippen LogP contribution in [0.1, 0.15) is 25.8 Å². The summed E-state index contributed by atoms with van der Waals surface area (Å²) < 4.78 is 16.7. The molecule has 1 atom stereocenters. The Bertz CT molecular complexity index is 503. The summed E-state index contributed by atoms with van der Waals surface area (Å²) in [6.07, 6.45) is 1.26. The predicted octanol–water partition coefficient (Wildman–Crippen LogP) is 2.52. The van der Waals surface area contributed by atoms with Crippen molar-refractivity contribution in [2.75, 3.05) is 20.3 Å². The molecule has 5 nitrogen and oxygen atoms in total. The minimum absolute atomic E-state index is 0.0293. The molecule has 116 valence electrons. The molecule has 1 aromatic carbocycles. The van der Waals surface area contributed by atoms with Gasteiger partial charge in [0.15, 0.2) is 11.5 Å².